The number of carbonyl (C=O) groups excluding carboxylic acids is 1. The summed E-state index contributed by atoms with van der Waals surface area (Å²) in [7, 11) is -1.53. The molecule has 4 heterocycles. The highest BCUT2D eigenvalue weighted by Crippen LogP contribution is 2.35. The number of aromatic nitrogens is 4. The van der Waals surface area contributed by atoms with Crippen LogP contribution in [0.5, 0.6) is 0 Å². The fourth-order valence-electron chi connectivity index (χ4n) is 5.04. The number of aldehydes is 1. The Morgan fingerprint density at radius 1 is 1.12 bits per heavy atom. The van der Waals surface area contributed by atoms with E-state index in [1.807, 2.05) is 13.1 Å². The minimum Gasteiger partial charge on any atom is -0.357 e. The highest BCUT2D eigenvalue weighted by atomic mass is 32.2. The molecule has 5 rings (SSSR count). The van der Waals surface area contributed by atoms with Crippen LogP contribution in [-0.4, -0.2) is 66.2 Å². The number of piperidine rings is 1. The summed E-state index contributed by atoms with van der Waals surface area (Å²) in [6.45, 7) is 5.06. The molecule has 1 aromatic carbocycles. The van der Waals surface area contributed by atoms with Crippen LogP contribution in [-0.2, 0) is 20.4 Å². The Bertz CT molecular complexity index is 1610. The molecule has 0 spiro atoms. The molecule has 0 aliphatic carbocycles. The first-order valence-electron chi connectivity index (χ1n) is 13.5. The maximum absolute atomic E-state index is 15.8. The SMILES string of the molecule is CC=O.CCCS(=O)(=O)Cc1ccc(F)c(-n2cc(-c3cncnc3)c3nc(N(C)C4CCNCC4)ccc32)c1F. The Labute approximate surface area is 238 Å². The zero-order valence-electron chi connectivity index (χ0n) is 23.3. The highest BCUT2D eigenvalue weighted by Gasteiger charge is 2.25. The van der Waals surface area contributed by atoms with E-state index in [2.05, 4.69) is 20.2 Å². The molecule has 1 N–H and O–H groups in total. The van der Waals surface area contributed by atoms with Crippen LogP contribution in [0.3, 0.4) is 0 Å². The molecular weight excluding hydrogens is 550 g/mol. The fourth-order valence-corrected chi connectivity index (χ4v) is 6.50. The van der Waals surface area contributed by atoms with Crippen LogP contribution in [0.2, 0.25) is 0 Å². The Kier molecular flexibility index (Phi) is 9.77. The molecule has 4 aromatic rings. The van der Waals surface area contributed by atoms with E-state index in [0.717, 1.165) is 44.1 Å². The normalized spacial score (nSPS) is 14.0. The van der Waals surface area contributed by atoms with Crippen molar-refractivity contribution in [1.29, 1.82) is 0 Å². The van der Waals surface area contributed by atoms with E-state index >= 15 is 8.78 Å². The monoisotopic (exact) mass is 584 g/mol. The lowest BCUT2D eigenvalue weighted by molar-refractivity contribution is -0.106. The summed E-state index contributed by atoms with van der Waals surface area (Å²) < 4.78 is 57.3. The van der Waals surface area contributed by atoms with Crippen LogP contribution in [0.4, 0.5) is 14.6 Å². The first-order chi connectivity index (χ1) is 19.7. The number of rotatable bonds is 8. The van der Waals surface area contributed by atoms with Crippen LogP contribution < -0.4 is 10.2 Å². The summed E-state index contributed by atoms with van der Waals surface area (Å²) >= 11 is 0. The molecule has 0 atom stereocenters. The van der Waals surface area contributed by atoms with Crippen molar-refractivity contribution < 1.29 is 22.0 Å². The Hall–Kier alpha value is -3.77. The molecule has 12 heteroatoms. The van der Waals surface area contributed by atoms with Crippen molar-refractivity contribution in [3.8, 4) is 16.8 Å². The highest BCUT2D eigenvalue weighted by molar-refractivity contribution is 7.90. The molecule has 3 aromatic heterocycles. The van der Waals surface area contributed by atoms with Gasteiger partial charge < -0.3 is 19.6 Å². The molecule has 0 bridgehead atoms. The fraction of sp³-hybridized carbons (Fsp3) is 0.379. The van der Waals surface area contributed by atoms with Crippen LogP contribution in [0, 0.1) is 11.6 Å². The molecule has 1 saturated heterocycles. The van der Waals surface area contributed by atoms with Gasteiger partial charge in [0, 0.05) is 48.4 Å². The molecule has 1 aliphatic heterocycles. The van der Waals surface area contributed by atoms with Crippen LogP contribution in [0.1, 0.15) is 38.7 Å². The lowest BCUT2D eigenvalue weighted by Crippen LogP contribution is -2.41. The van der Waals surface area contributed by atoms with Gasteiger partial charge in [0.05, 0.1) is 22.5 Å². The number of fused-ring (bicyclic) bond motifs is 1. The maximum Gasteiger partial charge on any atom is 0.154 e. The van der Waals surface area contributed by atoms with Crippen molar-refractivity contribution >= 4 is 33.0 Å². The van der Waals surface area contributed by atoms with Crippen molar-refractivity contribution in [3.05, 3.63) is 66.4 Å². The van der Waals surface area contributed by atoms with E-state index < -0.39 is 27.2 Å². The third-order valence-electron chi connectivity index (χ3n) is 7.00. The van der Waals surface area contributed by atoms with Crippen molar-refractivity contribution in [2.24, 2.45) is 0 Å². The third kappa shape index (κ3) is 6.76. The molecule has 1 fully saturated rings. The molecule has 218 valence electrons. The molecule has 1 aliphatic rings. The Balaban J connectivity index is 0.00000124. The number of carbonyl (C=O) groups is 1. The number of benzene rings is 1. The number of nitrogens with one attached hydrogen (secondary N) is 1. The van der Waals surface area contributed by atoms with Gasteiger partial charge in [-0.3, -0.25) is 0 Å². The van der Waals surface area contributed by atoms with Gasteiger partial charge in [-0.05, 0) is 57.5 Å². The zero-order valence-corrected chi connectivity index (χ0v) is 24.2. The molecule has 0 amide bonds. The number of nitrogens with zero attached hydrogens (tertiary/aromatic N) is 5. The number of sulfone groups is 1. The second kappa shape index (κ2) is 13.3. The van der Waals surface area contributed by atoms with Gasteiger partial charge in [0.25, 0.3) is 0 Å². The summed E-state index contributed by atoms with van der Waals surface area (Å²) in [5.41, 5.74) is 1.87. The lowest BCUT2D eigenvalue weighted by atomic mass is 10.1. The summed E-state index contributed by atoms with van der Waals surface area (Å²) in [5, 5.41) is 3.37. The van der Waals surface area contributed by atoms with Crippen LogP contribution in [0.25, 0.3) is 27.8 Å². The van der Waals surface area contributed by atoms with Gasteiger partial charge >= 0.3 is 0 Å². The smallest absolute Gasteiger partial charge is 0.154 e. The average Bonchev–Trinajstić information content (AvgIpc) is 3.34. The second-order valence-electron chi connectivity index (χ2n) is 9.87. The summed E-state index contributed by atoms with van der Waals surface area (Å²) in [4.78, 5) is 24.1. The van der Waals surface area contributed by atoms with E-state index in [1.165, 1.54) is 23.9 Å². The van der Waals surface area contributed by atoms with E-state index in [9.17, 15) is 8.42 Å². The van der Waals surface area contributed by atoms with Gasteiger partial charge in [0.15, 0.2) is 15.7 Å². The van der Waals surface area contributed by atoms with E-state index in [1.54, 1.807) is 31.6 Å². The quantitative estimate of drug-likeness (QED) is 0.302. The first-order valence-corrected chi connectivity index (χ1v) is 15.3. The summed E-state index contributed by atoms with van der Waals surface area (Å²) in [5.74, 6) is -1.53. The standard InChI is InChI=1S/C27H30F2N6O2S.C2H4O/c1-3-12-38(36,37)16-18-4-5-22(28)27(25(18)29)35-15-21(19-13-31-17-32-14-19)26-23(35)6-7-24(33-26)34(2)20-8-10-30-11-9-20;1-2-3/h4-7,13-15,17,20,30H,3,8-12,16H2,1-2H3;2H,1H3. The van der Waals surface area contributed by atoms with Crippen LogP contribution >= 0.6 is 0 Å². The van der Waals surface area contributed by atoms with Crippen molar-refractivity contribution in [3.63, 3.8) is 0 Å². The van der Waals surface area contributed by atoms with Crippen molar-refractivity contribution in [2.75, 3.05) is 30.8 Å². The van der Waals surface area contributed by atoms with E-state index in [0.29, 0.717) is 34.6 Å². The first kappa shape index (κ1) is 30.2. The number of anilines is 1. The Morgan fingerprint density at radius 3 is 2.46 bits per heavy atom. The zero-order chi connectivity index (χ0) is 29.6. The molecule has 0 saturated carbocycles. The molecule has 9 nitrogen and oxygen atoms in total. The van der Waals surface area contributed by atoms with Gasteiger partial charge in [-0.2, -0.15) is 0 Å². The van der Waals surface area contributed by atoms with Gasteiger partial charge in [0.1, 0.15) is 29.9 Å². The van der Waals surface area contributed by atoms with Crippen molar-refractivity contribution in [2.45, 2.75) is 44.9 Å². The second-order valence-corrected chi connectivity index (χ2v) is 12.1. The number of pyridine rings is 1. The maximum atomic E-state index is 15.8. The molecule has 0 radical (unpaired) electrons. The topological polar surface area (TPSA) is 110 Å². The average molecular weight is 585 g/mol. The summed E-state index contributed by atoms with van der Waals surface area (Å²) in [6.07, 6.45) is 9.40. The van der Waals surface area contributed by atoms with E-state index in [-0.39, 0.29) is 17.0 Å². The predicted molar refractivity (Wildman–Crippen MR) is 156 cm³/mol. The molecule has 41 heavy (non-hydrogen) atoms. The number of hydrogen-bond donors (Lipinski definition) is 1. The van der Waals surface area contributed by atoms with Crippen LogP contribution in [0.15, 0.2) is 49.2 Å². The minimum absolute atomic E-state index is 0.0684. The van der Waals surface area contributed by atoms with Gasteiger partial charge in [-0.25, -0.2) is 32.2 Å². The van der Waals surface area contributed by atoms with E-state index in [4.69, 9.17) is 9.78 Å². The van der Waals surface area contributed by atoms with Crippen molar-refractivity contribution in [1.82, 2.24) is 24.8 Å². The van der Waals surface area contributed by atoms with Gasteiger partial charge in [0.2, 0.25) is 0 Å². The van der Waals surface area contributed by atoms with Gasteiger partial charge in [-0.1, -0.05) is 13.0 Å². The number of halogens is 2. The van der Waals surface area contributed by atoms with Gasteiger partial charge in [-0.15, -0.1) is 0 Å². The number of hydrogen-bond acceptors (Lipinski definition) is 8. The lowest BCUT2D eigenvalue weighted by Gasteiger charge is -2.32. The minimum atomic E-state index is -3.54. The summed E-state index contributed by atoms with van der Waals surface area (Å²) in [6, 6.07) is 6.27. The predicted octanol–water partition coefficient (Wildman–Crippen LogP) is 4.48. The molecular formula is C29H34F2N6O3S. The molecule has 0 unspecified atom stereocenters. The third-order valence-corrected chi connectivity index (χ3v) is 8.78. The Morgan fingerprint density at radius 2 is 1.80 bits per heavy atom. The largest absolute Gasteiger partial charge is 0.357 e.